The Hall–Kier alpha value is -2.02. The molecular formula is C16H23N3O. The first-order valence-corrected chi connectivity index (χ1v) is 6.95. The van der Waals surface area contributed by atoms with Gasteiger partial charge in [0, 0.05) is 38.4 Å². The van der Waals surface area contributed by atoms with Crippen LogP contribution in [-0.2, 0) is 0 Å². The van der Waals surface area contributed by atoms with Gasteiger partial charge in [0.1, 0.15) is 0 Å². The molecule has 0 spiro atoms. The summed E-state index contributed by atoms with van der Waals surface area (Å²) in [6, 6.07) is 9.75. The van der Waals surface area contributed by atoms with Crippen LogP contribution in [0.3, 0.4) is 0 Å². The Labute approximate surface area is 121 Å². The van der Waals surface area contributed by atoms with Crippen LogP contribution in [0.25, 0.3) is 0 Å². The fourth-order valence-corrected chi connectivity index (χ4v) is 2.08. The van der Waals surface area contributed by atoms with E-state index in [9.17, 15) is 4.79 Å². The topological polar surface area (TPSA) is 47.3 Å². The lowest BCUT2D eigenvalue weighted by molar-refractivity contribution is 0.0785. The molecule has 0 aliphatic rings. The number of hydrogen-bond acceptors (Lipinski definition) is 3. The van der Waals surface area contributed by atoms with Crippen LogP contribution < -0.4 is 4.90 Å². The average Bonchev–Trinajstić information content (AvgIpc) is 2.46. The van der Waals surface area contributed by atoms with E-state index in [0.29, 0.717) is 12.1 Å². The van der Waals surface area contributed by atoms with Crippen LogP contribution in [-0.4, -0.2) is 38.0 Å². The van der Waals surface area contributed by atoms with E-state index < -0.39 is 0 Å². The Balaban J connectivity index is 2.73. The number of carbonyl (C=O) groups excluding carboxylic acids is 1. The van der Waals surface area contributed by atoms with E-state index in [4.69, 9.17) is 5.26 Å². The highest BCUT2D eigenvalue weighted by Gasteiger charge is 2.14. The quantitative estimate of drug-likeness (QED) is 0.800. The predicted molar refractivity (Wildman–Crippen MR) is 81.7 cm³/mol. The minimum atomic E-state index is -0.154. The summed E-state index contributed by atoms with van der Waals surface area (Å²) in [7, 11) is 3.77. The van der Waals surface area contributed by atoms with Crippen molar-refractivity contribution in [1.29, 1.82) is 5.26 Å². The van der Waals surface area contributed by atoms with E-state index in [-0.39, 0.29) is 11.8 Å². The van der Waals surface area contributed by atoms with Gasteiger partial charge in [0.25, 0.3) is 5.91 Å². The van der Waals surface area contributed by atoms with Gasteiger partial charge >= 0.3 is 0 Å². The highest BCUT2D eigenvalue weighted by atomic mass is 16.2. The largest absolute Gasteiger partial charge is 0.375 e. The zero-order valence-electron chi connectivity index (χ0n) is 12.8. The summed E-state index contributed by atoms with van der Waals surface area (Å²) >= 11 is 0. The third-order valence-corrected chi connectivity index (χ3v) is 3.23. The number of nitriles is 1. The van der Waals surface area contributed by atoms with Crippen molar-refractivity contribution in [1.82, 2.24) is 4.90 Å². The van der Waals surface area contributed by atoms with Crippen LogP contribution in [0.2, 0.25) is 0 Å². The molecule has 1 atom stereocenters. The maximum Gasteiger partial charge on any atom is 0.253 e. The lowest BCUT2D eigenvalue weighted by atomic mass is 10.1. The van der Waals surface area contributed by atoms with Gasteiger partial charge in [-0.15, -0.1) is 0 Å². The second-order valence-electron chi connectivity index (χ2n) is 5.18. The summed E-state index contributed by atoms with van der Waals surface area (Å²) in [6.07, 6.45) is 1.09. The molecule has 0 radical (unpaired) electrons. The van der Waals surface area contributed by atoms with Gasteiger partial charge in [0.2, 0.25) is 0 Å². The molecule has 4 nitrogen and oxygen atoms in total. The number of anilines is 1. The molecule has 0 saturated carbocycles. The predicted octanol–water partition coefficient (Wildman–Crippen LogP) is 2.76. The van der Waals surface area contributed by atoms with Crippen molar-refractivity contribution in [2.75, 3.05) is 32.1 Å². The van der Waals surface area contributed by atoms with Crippen LogP contribution in [0.4, 0.5) is 5.69 Å². The summed E-state index contributed by atoms with van der Waals surface area (Å²) < 4.78 is 0. The molecule has 0 bridgehead atoms. The number of amides is 1. The van der Waals surface area contributed by atoms with Crippen LogP contribution in [0.5, 0.6) is 0 Å². The molecule has 1 aromatic rings. The first-order chi connectivity index (χ1) is 9.49. The molecular weight excluding hydrogens is 250 g/mol. The number of rotatable bonds is 6. The molecule has 0 heterocycles. The Morgan fingerprint density at radius 1 is 1.30 bits per heavy atom. The molecule has 0 saturated heterocycles. The summed E-state index contributed by atoms with van der Waals surface area (Å²) in [5, 5.41) is 8.79. The van der Waals surface area contributed by atoms with E-state index in [1.54, 1.807) is 11.9 Å². The molecule has 1 aromatic carbocycles. The van der Waals surface area contributed by atoms with E-state index in [0.717, 1.165) is 18.7 Å². The van der Waals surface area contributed by atoms with Gasteiger partial charge in [-0.05, 0) is 37.6 Å². The molecule has 1 amide bonds. The summed E-state index contributed by atoms with van der Waals surface area (Å²) in [5.41, 5.74) is 1.77. The van der Waals surface area contributed by atoms with Crippen LogP contribution in [0, 0.1) is 17.2 Å². The number of carbonyl (C=O) groups is 1. The standard InChI is InChI=1S/C16H23N3O/c1-5-10-18(3)15-8-6-14(7-9-15)16(20)19(4)12-13(2)11-17/h6-9,13H,5,10,12H2,1-4H3/t13-/m0/s1. The molecule has 0 aliphatic carbocycles. The lowest BCUT2D eigenvalue weighted by Crippen LogP contribution is -2.30. The first kappa shape index (κ1) is 16.0. The Bertz CT molecular complexity index is 475. The molecule has 0 fully saturated rings. The second-order valence-corrected chi connectivity index (χ2v) is 5.18. The van der Waals surface area contributed by atoms with Crippen molar-refractivity contribution in [2.45, 2.75) is 20.3 Å². The zero-order valence-corrected chi connectivity index (χ0v) is 12.8. The van der Waals surface area contributed by atoms with Gasteiger partial charge in [-0.1, -0.05) is 6.92 Å². The number of nitrogens with zero attached hydrogens (tertiary/aromatic N) is 3. The maximum atomic E-state index is 12.2. The SMILES string of the molecule is CCCN(C)c1ccc(C(=O)N(C)C[C@@H](C)C#N)cc1. The number of benzene rings is 1. The first-order valence-electron chi connectivity index (χ1n) is 6.95. The van der Waals surface area contributed by atoms with Gasteiger partial charge < -0.3 is 9.80 Å². The van der Waals surface area contributed by atoms with Crippen molar-refractivity contribution >= 4 is 11.6 Å². The molecule has 0 unspecified atom stereocenters. The van der Waals surface area contributed by atoms with E-state index in [1.807, 2.05) is 38.2 Å². The molecule has 0 aromatic heterocycles. The Kier molecular flexibility index (Phi) is 6.05. The van der Waals surface area contributed by atoms with Crippen molar-refractivity contribution in [2.24, 2.45) is 5.92 Å². The van der Waals surface area contributed by atoms with Crippen molar-refractivity contribution < 1.29 is 4.79 Å². The highest BCUT2D eigenvalue weighted by molar-refractivity contribution is 5.94. The van der Waals surface area contributed by atoms with E-state index in [2.05, 4.69) is 17.9 Å². The van der Waals surface area contributed by atoms with Crippen molar-refractivity contribution in [3.05, 3.63) is 29.8 Å². The highest BCUT2D eigenvalue weighted by Crippen LogP contribution is 2.15. The zero-order chi connectivity index (χ0) is 15.1. The van der Waals surface area contributed by atoms with Gasteiger partial charge in [-0.3, -0.25) is 4.79 Å². The minimum Gasteiger partial charge on any atom is -0.375 e. The summed E-state index contributed by atoms with van der Waals surface area (Å²) in [5.74, 6) is -0.198. The molecule has 0 aliphatic heterocycles. The smallest absolute Gasteiger partial charge is 0.253 e. The summed E-state index contributed by atoms with van der Waals surface area (Å²) in [4.78, 5) is 16.0. The normalized spacial score (nSPS) is 11.6. The number of hydrogen-bond donors (Lipinski definition) is 0. The van der Waals surface area contributed by atoms with E-state index in [1.165, 1.54) is 0 Å². The monoisotopic (exact) mass is 273 g/mol. The third kappa shape index (κ3) is 4.27. The molecule has 1 rings (SSSR count). The van der Waals surface area contributed by atoms with Crippen LogP contribution >= 0.6 is 0 Å². The third-order valence-electron chi connectivity index (χ3n) is 3.23. The fraction of sp³-hybridized carbons (Fsp3) is 0.500. The molecule has 0 N–H and O–H groups in total. The van der Waals surface area contributed by atoms with E-state index >= 15 is 0 Å². The lowest BCUT2D eigenvalue weighted by Gasteiger charge is -2.20. The fourth-order valence-electron chi connectivity index (χ4n) is 2.08. The van der Waals surface area contributed by atoms with Crippen molar-refractivity contribution in [3.63, 3.8) is 0 Å². The van der Waals surface area contributed by atoms with Gasteiger partial charge in [-0.25, -0.2) is 0 Å². The van der Waals surface area contributed by atoms with Crippen LogP contribution in [0.15, 0.2) is 24.3 Å². The van der Waals surface area contributed by atoms with Gasteiger partial charge in [0.05, 0.1) is 12.0 Å². The van der Waals surface area contributed by atoms with Crippen LogP contribution in [0.1, 0.15) is 30.6 Å². The second kappa shape index (κ2) is 7.54. The molecule has 20 heavy (non-hydrogen) atoms. The average molecular weight is 273 g/mol. The van der Waals surface area contributed by atoms with Gasteiger partial charge in [-0.2, -0.15) is 5.26 Å². The Morgan fingerprint density at radius 3 is 2.40 bits per heavy atom. The Morgan fingerprint density at radius 2 is 1.90 bits per heavy atom. The maximum absolute atomic E-state index is 12.2. The molecule has 4 heteroatoms. The van der Waals surface area contributed by atoms with Gasteiger partial charge in [0.15, 0.2) is 0 Å². The van der Waals surface area contributed by atoms with Crippen molar-refractivity contribution in [3.8, 4) is 6.07 Å². The minimum absolute atomic E-state index is 0.0446. The molecule has 108 valence electrons. The summed E-state index contributed by atoms with van der Waals surface area (Å²) in [6.45, 7) is 5.39.